The van der Waals surface area contributed by atoms with Crippen molar-refractivity contribution in [3.8, 4) is 22.9 Å². The van der Waals surface area contributed by atoms with E-state index in [0.29, 0.717) is 17.2 Å². The average molecular weight is 1150 g/mol. The van der Waals surface area contributed by atoms with Crippen LogP contribution in [-0.4, -0.2) is 22.6 Å². The Balaban J connectivity index is 0.947. The van der Waals surface area contributed by atoms with Crippen LogP contribution in [0.5, 0.6) is 11.5 Å². The molecule has 0 amide bonds. The molecule has 18 rings (SSSR count). The summed E-state index contributed by atoms with van der Waals surface area (Å²) in [5.41, 5.74) is 21.9. The number of hydrogen-bond acceptors (Lipinski definition) is 4. The van der Waals surface area contributed by atoms with Gasteiger partial charge in [0.1, 0.15) is 34.8 Å². The minimum Gasteiger partial charge on any atom is -0.458 e. The highest BCUT2D eigenvalue weighted by Gasteiger charge is 2.48. The van der Waals surface area contributed by atoms with E-state index in [2.05, 4.69) is 175 Å². The lowest BCUT2D eigenvalue weighted by Gasteiger charge is -2.45. The lowest BCUT2D eigenvalue weighted by atomic mass is 9.30. The molecule has 12 heteroatoms. The summed E-state index contributed by atoms with van der Waals surface area (Å²) < 4.78 is 76.4. The number of anilines is 9. The monoisotopic (exact) mass is 1150 g/mol. The van der Waals surface area contributed by atoms with E-state index in [1.165, 1.54) is 18.2 Å². The number of aromatic nitrogens is 2. The van der Waals surface area contributed by atoms with E-state index < -0.39 is 36.7 Å². The molecule has 88 heavy (non-hydrogen) atoms. The first-order valence-electron chi connectivity index (χ1n) is 29.7. The zero-order chi connectivity index (χ0) is 59.1. The standard InChI is InChI=1S/C76H49B2F4N5O/c1-42-26-28-44(3)75-71(42)51-18-8-12-22-59(51)84(75)49-36-66-73-67(37-49)86(63-32-30-46(79)34-57(63)81)61-24-14-10-20-53(61)77(73)55-40-56-69(41-65(55)83(66)48-16-6-5-7-17-48)88-70-39-50(85-60-23-13-9-19-52(60)72-43(2)27-29-45(4)76(72)85)38-68-74(70)78(56)54-21-11-15-25-62(54)87(68)64-33-31-47(80)35-58(64)82/h5-41H,1-4H3. The summed E-state index contributed by atoms with van der Waals surface area (Å²) in [6, 6.07) is 73.2. The third-order valence-electron chi connectivity index (χ3n) is 19.0. The molecule has 4 aliphatic rings. The Labute approximate surface area is 505 Å². The van der Waals surface area contributed by atoms with E-state index in [-0.39, 0.29) is 11.4 Å². The lowest BCUT2D eigenvalue weighted by Crippen LogP contribution is -2.64. The van der Waals surface area contributed by atoms with Crippen LogP contribution >= 0.6 is 0 Å². The number of hydrogen-bond donors (Lipinski definition) is 0. The van der Waals surface area contributed by atoms with Crippen molar-refractivity contribution in [2.75, 3.05) is 14.7 Å². The molecule has 0 bridgehead atoms. The molecule has 0 spiro atoms. The molecule has 4 aliphatic heterocycles. The lowest BCUT2D eigenvalue weighted by molar-refractivity contribution is 0.487. The van der Waals surface area contributed by atoms with Crippen LogP contribution in [0.3, 0.4) is 0 Å². The Hall–Kier alpha value is -10.7. The summed E-state index contributed by atoms with van der Waals surface area (Å²) in [6.45, 7) is 7.73. The van der Waals surface area contributed by atoms with E-state index in [1.54, 1.807) is 6.07 Å². The van der Waals surface area contributed by atoms with Gasteiger partial charge >= 0.3 is 0 Å². The smallest absolute Gasteiger partial charge is 0.256 e. The average Bonchev–Trinajstić information content (AvgIpc) is 0.806. The Kier molecular flexibility index (Phi) is 10.6. The van der Waals surface area contributed by atoms with Crippen molar-refractivity contribution in [2.45, 2.75) is 27.7 Å². The third kappa shape index (κ3) is 6.91. The fraction of sp³-hybridized carbons (Fsp3) is 0.0526. The van der Waals surface area contributed by atoms with Gasteiger partial charge in [0.15, 0.2) is 0 Å². The molecule has 0 radical (unpaired) electrons. The quantitative estimate of drug-likeness (QED) is 0.127. The fourth-order valence-electron chi connectivity index (χ4n) is 15.5. The van der Waals surface area contributed by atoms with Crippen molar-refractivity contribution < 1.29 is 22.3 Å². The van der Waals surface area contributed by atoms with Gasteiger partial charge in [0.05, 0.1) is 44.8 Å². The van der Waals surface area contributed by atoms with Crippen LogP contribution in [-0.2, 0) is 0 Å². The van der Waals surface area contributed by atoms with E-state index in [4.69, 9.17) is 4.74 Å². The molecule has 0 saturated heterocycles. The molecule has 6 heterocycles. The fourth-order valence-corrected chi connectivity index (χ4v) is 15.5. The summed E-state index contributed by atoms with van der Waals surface area (Å²) in [4.78, 5) is 6.23. The number of halogens is 4. The van der Waals surface area contributed by atoms with Gasteiger partial charge in [-0.1, -0.05) is 121 Å². The summed E-state index contributed by atoms with van der Waals surface area (Å²) in [5.74, 6) is -1.47. The number of fused-ring (bicyclic) bond motifs is 14. The minimum atomic E-state index is -0.700. The maximum Gasteiger partial charge on any atom is 0.256 e. The van der Waals surface area contributed by atoms with Gasteiger partial charge in [-0.15, -0.1) is 0 Å². The second-order valence-electron chi connectivity index (χ2n) is 23.9. The molecule has 0 N–H and O–H groups in total. The highest BCUT2D eigenvalue weighted by atomic mass is 19.1. The van der Waals surface area contributed by atoms with Gasteiger partial charge in [-0.3, -0.25) is 0 Å². The van der Waals surface area contributed by atoms with Crippen LogP contribution in [0.1, 0.15) is 22.3 Å². The van der Waals surface area contributed by atoms with E-state index >= 15 is 17.6 Å². The molecule has 0 saturated carbocycles. The van der Waals surface area contributed by atoms with Crippen molar-refractivity contribution in [1.29, 1.82) is 0 Å². The van der Waals surface area contributed by atoms with E-state index in [9.17, 15) is 0 Å². The molecule has 0 aliphatic carbocycles. The molecule has 14 aromatic rings. The zero-order valence-electron chi connectivity index (χ0n) is 48.2. The summed E-state index contributed by atoms with van der Waals surface area (Å²) in [6.07, 6.45) is 0. The van der Waals surface area contributed by atoms with E-state index in [0.717, 1.165) is 156 Å². The molecule has 2 aromatic heterocycles. The predicted octanol–water partition coefficient (Wildman–Crippen LogP) is 16.2. The number of nitrogens with zero attached hydrogens (tertiary/aromatic N) is 5. The third-order valence-corrected chi connectivity index (χ3v) is 19.0. The maximum absolute atomic E-state index is 17.0. The van der Waals surface area contributed by atoms with Crippen LogP contribution in [0.2, 0.25) is 0 Å². The summed E-state index contributed by atoms with van der Waals surface area (Å²) in [7, 11) is 0. The maximum atomic E-state index is 17.0. The number of para-hydroxylation sites is 5. The van der Waals surface area contributed by atoms with Crippen molar-refractivity contribution in [1.82, 2.24) is 9.13 Å². The molecule has 0 fully saturated rings. The number of benzene rings is 12. The van der Waals surface area contributed by atoms with Crippen molar-refractivity contribution >= 4 is 141 Å². The Morgan fingerprint density at radius 3 is 1.34 bits per heavy atom. The molecular formula is C76H49B2F4N5O. The molecule has 0 unspecified atom stereocenters. The van der Waals surface area contributed by atoms with E-state index in [1.807, 2.05) is 64.4 Å². The van der Waals surface area contributed by atoms with Crippen LogP contribution in [0.4, 0.5) is 68.7 Å². The molecule has 0 atom stereocenters. The first-order valence-corrected chi connectivity index (χ1v) is 29.7. The summed E-state index contributed by atoms with van der Waals surface area (Å²) >= 11 is 0. The van der Waals surface area contributed by atoms with Crippen molar-refractivity contribution in [3.63, 3.8) is 0 Å². The van der Waals surface area contributed by atoms with Crippen molar-refractivity contribution in [2.24, 2.45) is 0 Å². The van der Waals surface area contributed by atoms with Gasteiger partial charge in [0, 0.05) is 85.6 Å². The van der Waals surface area contributed by atoms with Gasteiger partial charge in [0.25, 0.3) is 13.4 Å². The first-order chi connectivity index (χ1) is 43.0. The van der Waals surface area contributed by atoms with Gasteiger partial charge in [-0.2, -0.15) is 0 Å². The van der Waals surface area contributed by atoms with Crippen molar-refractivity contribution in [3.05, 3.63) is 270 Å². The number of ether oxygens (including phenoxy) is 1. The highest BCUT2D eigenvalue weighted by molar-refractivity contribution is 7.02. The summed E-state index contributed by atoms with van der Waals surface area (Å²) in [5, 5.41) is 4.54. The van der Waals surface area contributed by atoms with Crippen LogP contribution in [0.25, 0.3) is 55.0 Å². The molecule has 12 aromatic carbocycles. The topological polar surface area (TPSA) is 28.8 Å². The SMILES string of the molecule is Cc1ccc(C)c2c1c1ccccc1n2-c1cc2c3c(c1)N(c1ccc(F)cc1F)c1ccccc1B3c1cc3c(cc1O2)N(c1ccccc1)c1cc(-n2c4ccccc4c4c(C)ccc(C)c42)cc2c1B3c1ccccc1N2c1ccc(F)cc1F. The molecular weight excluding hydrogens is 1100 g/mol. The van der Waals surface area contributed by atoms with Gasteiger partial charge in [-0.25, -0.2) is 17.6 Å². The first kappa shape index (κ1) is 50.6. The minimum absolute atomic E-state index is 0.200. The van der Waals surface area contributed by atoms with Crippen LogP contribution < -0.4 is 52.2 Å². The normalized spacial score (nSPS) is 13.4. The van der Waals surface area contributed by atoms with Gasteiger partial charge in [0.2, 0.25) is 0 Å². The highest BCUT2D eigenvalue weighted by Crippen LogP contribution is 2.50. The molecule has 418 valence electrons. The largest absolute Gasteiger partial charge is 0.458 e. The van der Waals surface area contributed by atoms with Crippen LogP contribution in [0.15, 0.2) is 224 Å². The zero-order valence-corrected chi connectivity index (χ0v) is 48.2. The second kappa shape index (κ2) is 18.4. The van der Waals surface area contributed by atoms with Gasteiger partial charge in [-0.05, 0) is 162 Å². The Morgan fingerprint density at radius 1 is 0.318 bits per heavy atom. The predicted molar refractivity (Wildman–Crippen MR) is 354 cm³/mol. The van der Waals surface area contributed by atoms with Gasteiger partial charge < -0.3 is 28.6 Å². The Bertz CT molecular complexity index is 5430. The second-order valence-corrected chi connectivity index (χ2v) is 23.9. The molecule has 6 nitrogen and oxygen atoms in total. The Morgan fingerprint density at radius 2 is 0.784 bits per heavy atom. The van der Waals surface area contributed by atoms with Crippen LogP contribution in [0, 0.1) is 51.0 Å². The number of aryl methyl sites for hydroxylation is 4. The number of rotatable bonds is 5.